The lowest BCUT2D eigenvalue weighted by atomic mass is 10.4. The Labute approximate surface area is 125 Å². The number of rotatable bonds is 11. The number of aromatic nitrogens is 2. The Bertz CT molecular complexity index is 495. The summed E-state index contributed by atoms with van der Waals surface area (Å²) in [6, 6.07) is 0. The molecule has 21 heavy (non-hydrogen) atoms. The van der Waals surface area contributed by atoms with Crippen LogP contribution in [0.25, 0.3) is 0 Å². The molecule has 1 aromatic rings. The zero-order valence-corrected chi connectivity index (χ0v) is 13.4. The zero-order chi connectivity index (χ0) is 15.7. The minimum Gasteiger partial charge on any atom is -0.383 e. The number of sulfonamides is 1. The van der Waals surface area contributed by atoms with Crippen LogP contribution in [0.2, 0.25) is 0 Å². The van der Waals surface area contributed by atoms with E-state index < -0.39 is 10.0 Å². The third kappa shape index (κ3) is 5.36. The Morgan fingerprint density at radius 2 is 1.90 bits per heavy atom. The molecule has 0 spiro atoms. The van der Waals surface area contributed by atoms with Gasteiger partial charge in [-0.3, -0.25) is 4.68 Å². The van der Waals surface area contributed by atoms with Crippen molar-refractivity contribution < 1.29 is 17.9 Å². The van der Waals surface area contributed by atoms with Gasteiger partial charge in [-0.2, -0.15) is 9.40 Å². The molecule has 122 valence electrons. The van der Waals surface area contributed by atoms with Crippen LogP contribution in [0.1, 0.15) is 6.42 Å². The van der Waals surface area contributed by atoms with Crippen molar-refractivity contribution in [2.45, 2.75) is 17.9 Å². The molecule has 0 fully saturated rings. The van der Waals surface area contributed by atoms with Crippen molar-refractivity contribution in [2.24, 2.45) is 5.73 Å². The van der Waals surface area contributed by atoms with Gasteiger partial charge in [0.2, 0.25) is 10.0 Å². The van der Waals surface area contributed by atoms with Gasteiger partial charge in [-0.05, 0) is 13.0 Å². The van der Waals surface area contributed by atoms with E-state index in [9.17, 15) is 8.42 Å². The molecule has 1 aromatic heterocycles. The molecule has 2 N–H and O–H groups in total. The fourth-order valence-electron chi connectivity index (χ4n) is 1.74. The molecule has 1 rings (SSSR count). The molecule has 0 aliphatic rings. The van der Waals surface area contributed by atoms with E-state index in [0.717, 1.165) is 6.42 Å². The van der Waals surface area contributed by atoms with Gasteiger partial charge in [-0.25, -0.2) is 8.42 Å². The van der Waals surface area contributed by atoms with Gasteiger partial charge in [0, 0.05) is 40.1 Å². The molecule has 0 aromatic carbocycles. The van der Waals surface area contributed by atoms with Crippen molar-refractivity contribution in [3.8, 4) is 0 Å². The van der Waals surface area contributed by atoms with E-state index in [2.05, 4.69) is 5.10 Å². The number of aryl methyl sites for hydroxylation is 1. The molecule has 0 bridgehead atoms. The number of ether oxygens (including phenoxy) is 2. The first-order valence-corrected chi connectivity index (χ1v) is 8.20. The van der Waals surface area contributed by atoms with Crippen molar-refractivity contribution in [3.63, 3.8) is 0 Å². The third-order valence-corrected chi connectivity index (χ3v) is 4.78. The maximum Gasteiger partial charge on any atom is 0.246 e. The molecule has 0 radical (unpaired) electrons. The van der Waals surface area contributed by atoms with E-state index in [1.54, 1.807) is 4.68 Å². The SMILES string of the molecule is COCCN(CCOC)S(=O)(=O)c1cnn(CCCN)c1. The zero-order valence-electron chi connectivity index (χ0n) is 12.6. The number of hydrogen-bond acceptors (Lipinski definition) is 6. The number of hydrogen-bond donors (Lipinski definition) is 1. The summed E-state index contributed by atoms with van der Waals surface area (Å²) in [5.74, 6) is 0. The fourth-order valence-corrected chi connectivity index (χ4v) is 3.10. The highest BCUT2D eigenvalue weighted by atomic mass is 32.2. The summed E-state index contributed by atoms with van der Waals surface area (Å²) >= 11 is 0. The molecule has 0 atom stereocenters. The van der Waals surface area contributed by atoms with Gasteiger partial charge in [-0.1, -0.05) is 0 Å². The van der Waals surface area contributed by atoms with Crippen LogP contribution in [-0.4, -0.2) is 69.6 Å². The molecular weight excluding hydrogens is 296 g/mol. The highest BCUT2D eigenvalue weighted by molar-refractivity contribution is 7.89. The highest BCUT2D eigenvalue weighted by Crippen LogP contribution is 2.14. The predicted octanol–water partition coefficient (Wildman–Crippen LogP) is -0.485. The summed E-state index contributed by atoms with van der Waals surface area (Å²) in [6.07, 6.45) is 3.63. The average Bonchev–Trinajstić information content (AvgIpc) is 2.94. The Balaban J connectivity index is 2.85. The largest absolute Gasteiger partial charge is 0.383 e. The maximum absolute atomic E-state index is 12.6. The number of nitrogens with zero attached hydrogens (tertiary/aromatic N) is 3. The van der Waals surface area contributed by atoms with Crippen LogP contribution < -0.4 is 5.73 Å². The van der Waals surface area contributed by atoms with Gasteiger partial charge in [0.25, 0.3) is 0 Å². The van der Waals surface area contributed by atoms with Crippen molar-refractivity contribution in [2.75, 3.05) is 47.1 Å². The lowest BCUT2D eigenvalue weighted by Gasteiger charge is -2.20. The maximum atomic E-state index is 12.6. The monoisotopic (exact) mass is 320 g/mol. The van der Waals surface area contributed by atoms with E-state index in [-0.39, 0.29) is 18.0 Å². The standard InChI is InChI=1S/C12H24N4O4S/c1-19-8-6-16(7-9-20-2)21(17,18)12-10-14-15(11-12)5-3-4-13/h10-11H,3-9,13H2,1-2H3. The molecule has 0 saturated carbocycles. The smallest absolute Gasteiger partial charge is 0.246 e. The van der Waals surface area contributed by atoms with Crippen LogP contribution in [0.5, 0.6) is 0 Å². The minimum absolute atomic E-state index is 0.173. The molecule has 1 heterocycles. The quantitative estimate of drug-likeness (QED) is 0.591. The van der Waals surface area contributed by atoms with Gasteiger partial charge >= 0.3 is 0 Å². The molecule has 8 nitrogen and oxygen atoms in total. The van der Waals surface area contributed by atoms with E-state index in [0.29, 0.717) is 26.3 Å². The first kappa shape index (κ1) is 18.1. The van der Waals surface area contributed by atoms with Crippen LogP contribution in [0.3, 0.4) is 0 Å². The lowest BCUT2D eigenvalue weighted by Crippen LogP contribution is -2.36. The van der Waals surface area contributed by atoms with Crippen molar-refractivity contribution in [1.82, 2.24) is 14.1 Å². The first-order chi connectivity index (χ1) is 10.1. The van der Waals surface area contributed by atoms with Gasteiger partial charge in [0.15, 0.2) is 0 Å². The molecule has 0 saturated heterocycles. The van der Waals surface area contributed by atoms with Crippen molar-refractivity contribution in [1.29, 1.82) is 0 Å². The summed E-state index contributed by atoms with van der Waals surface area (Å²) in [5.41, 5.74) is 5.43. The normalized spacial score (nSPS) is 12.2. The summed E-state index contributed by atoms with van der Waals surface area (Å²) < 4.78 is 38.0. The Morgan fingerprint density at radius 1 is 1.29 bits per heavy atom. The summed E-state index contributed by atoms with van der Waals surface area (Å²) in [6.45, 7) is 2.33. The van der Waals surface area contributed by atoms with Gasteiger partial charge in [0.05, 0.1) is 19.4 Å². The van der Waals surface area contributed by atoms with E-state index >= 15 is 0 Å². The second-order valence-electron chi connectivity index (χ2n) is 4.47. The average molecular weight is 320 g/mol. The topological polar surface area (TPSA) is 99.7 Å². The number of methoxy groups -OCH3 is 2. The highest BCUT2D eigenvalue weighted by Gasteiger charge is 2.25. The van der Waals surface area contributed by atoms with Gasteiger partial charge in [-0.15, -0.1) is 0 Å². The number of nitrogens with two attached hydrogens (primary N) is 1. The second kappa shape index (κ2) is 9.11. The van der Waals surface area contributed by atoms with E-state index in [1.807, 2.05) is 0 Å². The van der Waals surface area contributed by atoms with Crippen molar-refractivity contribution in [3.05, 3.63) is 12.4 Å². The molecule has 0 amide bonds. The van der Waals surface area contributed by atoms with Crippen LogP contribution >= 0.6 is 0 Å². The van der Waals surface area contributed by atoms with Crippen LogP contribution in [0, 0.1) is 0 Å². The fraction of sp³-hybridized carbons (Fsp3) is 0.750. The Hall–Kier alpha value is -1.00. The molecule has 0 aliphatic heterocycles. The molecule has 9 heteroatoms. The van der Waals surface area contributed by atoms with Gasteiger partial charge in [0.1, 0.15) is 4.90 Å². The third-order valence-electron chi connectivity index (χ3n) is 2.93. The van der Waals surface area contributed by atoms with Crippen LogP contribution in [0.15, 0.2) is 17.3 Å². The lowest BCUT2D eigenvalue weighted by molar-refractivity contribution is 0.150. The van der Waals surface area contributed by atoms with Crippen LogP contribution in [-0.2, 0) is 26.0 Å². The minimum atomic E-state index is -3.59. The van der Waals surface area contributed by atoms with Crippen LogP contribution in [0.4, 0.5) is 0 Å². The molecular formula is C12H24N4O4S. The summed E-state index contributed by atoms with van der Waals surface area (Å²) in [5, 5.41) is 4.06. The first-order valence-electron chi connectivity index (χ1n) is 6.76. The predicted molar refractivity (Wildman–Crippen MR) is 78.4 cm³/mol. The summed E-state index contributed by atoms with van der Waals surface area (Å²) in [4.78, 5) is 0.173. The molecule has 0 unspecified atom stereocenters. The Kier molecular flexibility index (Phi) is 7.83. The summed E-state index contributed by atoms with van der Waals surface area (Å²) in [7, 11) is -0.524. The molecule has 0 aliphatic carbocycles. The van der Waals surface area contributed by atoms with Crippen molar-refractivity contribution >= 4 is 10.0 Å². The van der Waals surface area contributed by atoms with E-state index in [1.165, 1.54) is 30.9 Å². The Morgan fingerprint density at radius 3 is 2.43 bits per heavy atom. The second-order valence-corrected chi connectivity index (χ2v) is 6.41. The van der Waals surface area contributed by atoms with Gasteiger partial charge < -0.3 is 15.2 Å². The van der Waals surface area contributed by atoms with E-state index in [4.69, 9.17) is 15.2 Å².